The average Bonchev–Trinajstić information content (AvgIpc) is 3.32. The molecule has 1 aliphatic rings. The molecule has 1 saturated heterocycles. The van der Waals surface area contributed by atoms with Crippen LogP contribution >= 0.6 is 0 Å². The van der Waals surface area contributed by atoms with Crippen molar-refractivity contribution in [1.82, 2.24) is 24.2 Å². The van der Waals surface area contributed by atoms with Crippen LogP contribution in [0.5, 0.6) is 5.75 Å². The predicted octanol–water partition coefficient (Wildman–Crippen LogP) is 2.73. The van der Waals surface area contributed by atoms with Crippen LogP contribution < -0.4 is 14.8 Å². The third-order valence-corrected chi connectivity index (χ3v) is 6.32. The Morgan fingerprint density at radius 3 is 2.81 bits per heavy atom. The van der Waals surface area contributed by atoms with Crippen LogP contribution in [0.4, 0.5) is 11.6 Å². The van der Waals surface area contributed by atoms with E-state index in [1.54, 1.807) is 10.7 Å². The van der Waals surface area contributed by atoms with Crippen molar-refractivity contribution >= 4 is 28.4 Å². The standard InChI is InChI=1S/C25H28N6O4S/c32-36(33)27-17-19-4-1-2-7-23(19)24-9-8-21-18-26-25(29-31(21)24)28-20-5-3-6-22(16-20)35-15-12-30-10-13-34-14-11-30/h1-9,16,18,27H,10-15,17H2,(H,28,29)(H,32,33)/p-1. The normalized spacial score (nSPS) is 15.1. The third-order valence-electron chi connectivity index (χ3n) is 5.94. The van der Waals surface area contributed by atoms with E-state index in [0.29, 0.717) is 12.6 Å². The maximum absolute atomic E-state index is 11.0. The van der Waals surface area contributed by atoms with Crippen LogP contribution in [-0.4, -0.2) is 67.7 Å². The topological polar surface area (TPSA) is 116 Å². The maximum Gasteiger partial charge on any atom is 0.245 e. The summed E-state index contributed by atoms with van der Waals surface area (Å²) >= 11 is -2.34. The molecule has 0 amide bonds. The number of anilines is 2. The maximum atomic E-state index is 11.0. The van der Waals surface area contributed by atoms with Gasteiger partial charge in [-0.05, 0) is 29.8 Å². The lowest BCUT2D eigenvalue weighted by molar-refractivity contribution is 0.0322. The van der Waals surface area contributed by atoms with Crippen LogP contribution in [0.15, 0.2) is 66.9 Å². The van der Waals surface area contributed by atoms with Crippen molar-refractivity contribution in [2.75, 3.05) is 44.8 Å². The number of hydrogen-bond donors (Lipinski definition) is 2. The first-order valence-corrected chi connectivity index (χ1v) is 12.8. The van der Waals surface area contributed by atoms with Crippen LogP contribution in [0.3, 0.4) is 0 Å². The first-order valence-electron chi connectivity index (χ1n) is 11.7. The molecule has 11 heteroatoms. The van der Waals surface area contributed by atoms with Gasteiger partial charge >= 0.3 is 0 Å². The van der Waals surface area contributed by atoms with Crippen molar-refractivity contribution in [3.05, 3.63) is 72.4 Å². The average molecular weight is 508 g/mol. The van der Waals surface area contributed by atoms with Gasteiger partial charge in [0.1, 0.15) is 12.4 Å². The predicted molar refractivity (Wildman–Crippen MR) is 137 cm³/mol. The summed E-state index contributed by atoms with van der Waals surface area (Å²) in [7, 11) is 0. The molecule has 10 nitrogen and oxygen atoms in total. The Kier molecular flexibility index (Phi) is 7.84. The van der Waals surface area contributed by atoms with E-state index < -0.39 is 11.3 Å². The van der Waals surface area contributed by atoms with E-state index in [9.17, 15) is 8.76 Å². The molecule has 5 rings (SSSR count). The second-order valence-corrected chi connectivity index (χ2v) is 9.06. The number of rotatable bonds is 10. The monoisotopic (exact) mass is 507 g/mol. The molecule has 2 aromatic carbocycles. The molecule has 1 aliphatic heterocycles. The number of morpholine rings is 1. The van der Waals surface area contributed by atoms with Gasteiger partial charge in [-0.3, -0.25) is 9.11 Å². The molecule has 1 fully saturated rings. The van der Waals surface area contributed by atoms with Crippen LogP contribution in [0.1, 0.15) is 5.56 Å². The Bertz CT molecular complexity index is 1340. The molecule has 1 unspecified atom stereocenters. The number of ether oxygens (including phenoxy) is 2. The largest absolute Gasteiger partial charge is 0.760 e. The van der Waals surface area contributed by atoms with E-state index in [1.165, 1.54) is 0 Å². The third kappa shape index (κ3) is 6.07. The number of benzene rings is 2. The quantitative estimate of drug-likeness (QED) is 0.315. The summed E-state index contributed by atoms with van der Waals surface area (Å²) in [6, 6.07) is 19.2. The van der Waals surface area contributed by atoms with Crippen molar-refractivity contribution < 1.29 is 18.2 Å². The minimum Gasteiger partial charge on any atom is -0.760 e. The second kappa shape index (κ2) is 11.6. The molecule has 0 spiro atoms. The molecule has 3 heterocycles. The van der Waals surface area contributed by atoms with Crippen LogP contribution in [0, 0.1) is 0 Å². The fourth-order valence-electron chi connectivity index (χ4n) is 4.13. The van der Waals surface area contributed by atoms with E-state index in [0.717, 1.165) is 66.6 Å². The van der Waals surface area contributed by atoms with Gasteiger partial charge in [0.15, 0.2) is 0 Å². The summed E-state index contributed by atoms with van der Waals surface area (Å²) in [6.07, 6.45) is 1.75. The zero-order valence-corrected chi connectivity index (χ0v) is 20.4. The molecule has 0 aliphatic carbocycles. The highest BCUT2D eigenvalue weighted by molar-refractivity contribution is 7.77. The number of nitrogens with one attached hydrogen (secondary N) is 2. The van der Waals surface area contributed by atoms with Crippen LogP contribution in [-0.2, 0) is 22.5 Å². The molecule has 188 valence electrons. The zero-order valence-electron chi connectivity index (χ0n) is 19.6. The Balaban J connectivity index is 1.31. The zero-order chi connectivity index (χ0) is 24.7. The molecular formula is C25H27N6O4S-. The van der Waals surface area contributed by atoms with Gasteiger partial charge in [-0.15, -0.1) is 5.10 Å². The van der Waals surface area contributed by atoms with Gasteiger partial charge in [0.2, 0.25) is 5.95 Å². The van der Waals surface area contributed by atoms with Gasteiger partial charge in [-0.2, -0.15) is 0 Å². The van der Waals surface area contributed by atoms with Gasteiger partial charge < -0.3 is 19.3 Å². The van der Waals surface area contributed by atoms with Crippen molar-refractivity contribution in [1.29, 1.82) is 0 Å². The molecule has 0 radical (unpaired) electrons. The van der Waals surface area contributed by atoms with Gasteiger partial charge in [0, 0.05) is 54.8 Å². The highest BCUT2D eigenvalue weighted by atomic mass is 32.2. The van der Waals surface area contributed by atoms with Gasteiger partial charge in [0.05, 0.1) is 30.6 Å². The molecule has 2 aromatic heterocycles. The van der Waals surface area contributed by atoms with E-state index in [2.05, 4.69) is 25.0 Å². The Morgan fingerprint density at radius 1 is 1.08 bits per heavy atom. The SMILES string of the molecule is O=S([O-])NCc1ccccc1-c1ccc2cnc(Nc3cccc(OCCN4CCOCC4)c3)nn12. The first kappa shape index (κ1) is 24.3. The molecular weight excluding hydrogens is 480 g/mol. The number of nitrogens with zero attached hydrogens (tertiary/aromatic N) is 4. The van der Waals surface area contributed by atoms with Crippen molar-refractivity contribution in [3.8, 4) is 17.0 Å². The minimum absolute atomic E-state index is 0.189. The van der Waals surface area contributed by atoms with Gasteiger partial charge in [-0.1, -0.05) is 30.3 Å². The molecule has 4 aromatic rings. The lowest BCUT2D eigenvalue weighted by atomic mass is 10.1. The van der Waals surface area contributed by atoms with E-state index >= 15 is 0 Å². The molecule has 1 atom stereocenters. The number of fused-ring (bicyclic) bond motifs is 1. The van der Waals surface area contributed by atoms with Crippen molar-refractivity contribution in [2.24, 2.45) is 0 Å². The highest BCUT2D eigenvalue weighted by Gasteiger charge is 2.12. The van der Waals surface area contributed by atoms with Crippen molar-refractivity contribution in [2.45, 2.75) is 6.54 Å². The number of hydrogen-bond acceptors (Lipinski definition) is 8. The van der Waals surface area contributed by atoms with E-state index in [4.69, 9.17) is 9.47 Å². The Morgan fingerprint density at radius 2 is 1.94 bits per heavy atom. The number of aromatic nitrogens is 3. The summed E-state index contributed by atoms with van der Waals surface area (Å²) in [5.41, 5.74) is 4.21. The summed E-state index contributed by atoms with van der Waals surface area (Å²) in [5, 5.41) is 7.94. The molecule has 0 saturated carbocycles. The van der Waals surface area contributed by atoms with Crippen LogP contribution in [0.25, 0.3) is 16.8 Å². The second-order valence-electron chi connectivity index (χ2n) is 8.31. The highest BCUT2D eigenvalue weighted by Crippen LogP contribution is 2.26. The Labute approximate surface area is 211 Å². The smallest absolute Gasteiger partial charge is 0.245 e. The fraction of sp³-hybridized carbons (Fsp3) is 0.280. The molecule has 36 heavy (non-hydrogen) atoms. The lowest BCUT2D eigenvalue weighted by Crippen LogP contribution is -2.38. The van der Waals surface area contributed by atoms with E-state index in [1.807, 2.05) is 60.7 Å². The minimum atomic E-state index is -2.34. The Hall–Kier alpha value is -3.35. The summed E-state index contributed by atoms with van der Waals surface area (Å²) < 4.78 is 37.6. The summed E-state index contributed by atoms with van der Waals surface area (Å²) in [5.74, 6) is 1.20. The van der Waals surface area contributed by atoms with Crippen LogP contribution in [0.2, 0.25) is 0 Å². The molecule has 0 bridgehead atoms. The van der Waals surface area contributed by atoms with Gasteiger partial charge in [0.25, 0.3) is 0 Å². The van der Waals surface area contributed by atoms with Gasteiger partial charge in [-0.25, -0.2) is 14.2 Å². The fourth-order valence-corrected chi connectivity index (χ4v) is 4.41. The van der Waals surface area contributed by atoms with E-state index in [-0.39, 0.29) is 6.54 Å². The van der Waals surface area contributed by atoms with Crippen molar-refractivity contribution in [3.63, 3.8) is 0 Å². The first-order chi connectivity index (χ1) is 17.7. The summed E-state index contributed by atoms with van der Waals surface area (Å²) in [6.45, 7) is 5.07. The summed E-state index contributed by atoms with van der Waals surface area (Å²) in [4.78, 5) is 6.78. The lowest BCUT2D eigenvalue weighted by Gasteiger charge is -2.26. The molecule has 2 N–H and O–H groups in total.